The van der Waals surface area contributed by atoms with Crippen molar-refractivity contribution in [2.75, 3.05) is 0 Å². The zero-order chi connectivity index (χ0) is 15.8. The van der Waals surface area contributed by atoms with Gasteiger partial charge in [-0.3, -0.25) is 9.59 Å². The highest BCUT2D eigenvalue weighted by atomic mass is 79.9. The highest BCUT2D eigenvalue weighted by molar-refractivity contribution is 9.10. The Balaban J connectivity index is 2.35. The number of terminal acetylenes is 1. The Morgan fingerprint density at radius 2 is 2.05 bits per heavy atom. The molecule has 112 valence electrons. The van der Waals surface area contributed by atoms with Gasteiger partial charge in [0.1, 0.15) is 11.6 Å². The van der Waals surface area contributed by atoms with Gasteiger partial charge in [-0.2, -0.15) is 0 Å². The maximum absolute atomic E-state index is 12.9. The number of ether oxygens (including phenoxy) is 2. The van der Waals surface area contributed by atoms with Crippen molar-refractivity contribution in [2.24, 2.45) is 0 Å². The SMILES string of the molecule is C#CC(C)OC(=O)CCCC(=O)Oc1ccc(F)cc1Br. The summed E-state index contributed by atoms with van der Waals surface area (Å²) in [6.07, 6.45) is 4.90. The second kappa shape index (κ2) is 8.42. The van der Waals surface area contributed by atoms with Crippen molar-refractivity contribution in [1.29, 1.82) is 0 Å². The first-order valence-corrected chi connectivity index (χ1v) is 7.03. The first-order chi connectivity index (χ1) is 9.92. The molecule has 1 unspecified atom stereocenters. The van der Waals surface area contributed by atoms with E-state index in [-0.39, 0.29) is 25.0 Å². The predicted octanol–water partition coefficient (Wildman–Crippen LogP) is 3.23. The first kappa shape index (κ1) is 17.2. The van der Waals surface area contributed by atoms with Crippen LogP contribution in [0.3, 0.4) is 0 Å². The Labute approximate surface area is 130 Å². The van der Waals surface area contributed by atoms with Crippen molar-refractivity contribution in [3.8, 4) is 18.1 Å². The molecule has 0 saturated heterocycles. The van der Waals surface area contributed by atoms with E-state index in [0.29, 0.717) is 4.47 Å². The summed E-state index contributed by atoms with van der Waals surface area (Å²) in [6, 6.07) is 3.73. The van der Waals surface area contributed by atoms with E-state index in [4.69, 9.17) is 15.9 Å². The average Bonchev–Trinajstić information content (AvgIpc) is 2.41. The zero-order valence-corrected chi connectivity index (χ0v) is 13.0. The molecule has 0 aliphatic heterocycles. The Kier molecular flexibility index (Phi) is 6.89. The van der Waals surface area contributed by atoms with Gasteiger partial charge in [0, 0.05) is 12.8 Å². The minimum Gasteiger partial charge on any atom is -0.449 e. The van der Waals surface area contributed by atoms with E-state index in [0.717, 1.165) is 0 Å². The Bertz CT molecular complexity index is 565. The van der Waals surface area contributed by atoms with Crippen LogP contribution in [0.5, 0.6) is 5.75 Å². The Morgan fingerprint density at radius 1 is 1.38 bits per heavy atom. The van der Waals surface area contributed by atoms with Crippen molar-refractivity contribution in [3.63, 3.8) is 0 Å². The molecule has 1 rings (SSSR count). The van der Waals surface area contributed by atoms with Crippen molar-refractivity contribution in [1.82, 2.24) is 0 Å². The van der Waals surface area contributed by atoms with Crippen molar-refractivity contribution < 1.29 is 23.5 Å². The summed E-state index contributed by atoms with van der Waals surface area (Å²) in [5.41, 5.74) is 0. The number of benzene rings is 1. The molecular formula is C15H14BrFO4. The summed E-state index contributed by atoms with van der Waals surface area (Å²) in [6.45, 7) is 1.58. The van der Waals surface area contributed by atoms with Crippen LogP contribution in [0.15, 0.2) is 22.7 Å². The van der Waals surface area contributed by atoms with Gasteiger partial charge in [0.2, 0.25) is 0 Å². The lowest BCUT2D eigenvalue weighted by Crippen LogP contribution is -2.14. The van der Waals surface area contributed by atoms with Crippen LogP contribution in [0.25, 0.3) is 0 Å². The lowest BCUT2D eigenvalue weighted by atomic mass is 10.2. The topological polar surface area (TPSA) is 52.6 Å². The molecule has 0 fully saturated rings. The smallest absolute Gasteiger partial charge is 0.311 e. The minimum atomic E-state index is -0.584. The molecule has 1 aromatic carbocycles. The van der Waals surface area contributed by atoms with E-state index in [9.17, 15) is 14.0 Å². The summed E-state index contributed by atoms with van der Waals surface area (Å²) in [7, 11) is 0. The van der Waals surface area contributed by atoms with E-state index < -0.39 is 23.9 Å². The Hall–Kier alpha value is -1.87. The molecule has 0 radical (unpaired) electrons. The molecule has 0 aromatic heterocycles. The lowest BCUT2D eigenvalue weighted by molar-refractivity contribution is -0.146. The number of rotatable bonds is 6. The quantitative estimate of drug-likeness (QED) is 0.446. The molecule has 1 atom stereocenters. The van der Waals surface area contributed by atoms with Gasteiger partial charge >= 0.3 is 11.9 Å². The van der Waals surface area contributed by atoms with E-state index in [1.165, 1.54) is 18.2 Å². The van der Waals surface area contributed by atoms with Crippen molar-refractivity contribution in [2.45, 2.75) is 32.3 Å². The molecule has 0 aliphatic carbocycles. The molecule has 0 spiro atoms. The summed E-state index contributed by atoms with van der Waals surface area (Å²) >= 11 is 3.09. The molecular weight excluding hydrogens is 343 g/mol. The van der Waals surface area contributed by atoms with Crippen LogP contribution >= 0.6 is 15.9 Å². The average molecular weight is 357 g/mol. The van der Waals surface area contributed by atoms with Crippen LogP contribution in [0, 0.1) is 18.2 Å². The maximum atomic E-state index is 12.9. The second-order valence-corrected chi connectivity index (χ2v) is 5.06. The molecule has 0 bridgehead atoms. The summed E-state index contributed by atoms with van der Waals surface area (Å²) in [4.78, 5) is 22.9. The summed E-state index contributed by atoms with van der Waals surface area (Å²) < 4.78 is 23.1. The second-order valence-electron chi connectivity index (χ2n) is 4.20. The number of carbonyl (C=O) groups excluding carboxylic acids is 2. The van der Waals surface area contributed by atoms with Crippen LogP contribution in [0.2, 0.25) is 0 Å². The van der Waals surface area contributed by atoms with E-state index >= 15 is 0 Å². The zero-order valence-electron chi connectivity index (χ0n) is 11.4. The van der Waals surface area contributed by atoms with Crippen LogP contribution in [0.1, 0.15) is 26.2 Å². The number of carbonyl (C=O) groups is 2. The number of hydrogen-bond acceptors (Lipinski definition) is 4. The van der Waals surface area contributed by atoms with Gasteiger partial charge in [0.15, 0.2) is 6.10 Å². The largest absolute Gasteiger partial charge is 0.449 e. The van der Waals surface area contributed by atoms with E-state index in [1.54, 1.807) is 6.92 Å². The third-order valence-corrected chi connectivity index (χ3v) is 3.04. The highest BCUT2D eigenvalue weighted by Crippen LogP contribution is 2.25. The van der Waals surface area contributed by atoms with Crippen molar-refractivity contribution >= 4 is 27.9 Å². The number of hydrogen-bond donors (Lipinski definition) is 0. The molecule has 4 nitrogen and oxygen atoms in total. The van der Waals surface area contributed by atoms with E-state index in [2.05, 4.69) is 21.9 Å². The number of halogens is 2. The predicted molar refractivity (Wildman–Crippen MR) is 78.0 cm³/mol. The molecule has 1 aromatic rings. The molecule has 21 heavy (non-hydrogen) atoms. The molecule has 0 saturated carbocycles. The van der Waals surface area contributed by atoms with Crippen LogP contribution in [-0.4, -0.2) is 18.0 Å². The van der Waals surface area contributed by atoms with Crippen LogP contribution in [-0.2, 0) is 14.3 Å². The normalized spacial score (nSPS) is 11.3. The maximum Gasteiger partial charge on any atom is 0.311 e. The third-order valence-electron chi connectivity index (χ3n) is 2.42. The van der Waals surface area contributed by atoms with Gasteiger partial charge in [-0.25, -0.2) is 4.39 Å². The fourth-order valence-electron chi connectivity index (χ4n) is 1.40. The standard InChI is InChI=1S/C15H14BrFO4/c1-3-10(2)20-14(18)5-4-6-15(19)21-13-8-7-11(17)9-12(13)16/h1,7-10H,4-6H2,2H3. The highest BCUT2D eigenvalue weighted by Gasteiger charge is 2.11. The van der Waals surface area contributed by atoms with E-state index in [1.807, 2.05) is 0 Å². The van der Waals surface area contributed by atoms with Crippen LogP contribution < -0.4 is 4.74 Å². The molecule has 0 heterocycles. The molecule has 0 N–H and O–H groups in total. The Morgan fingerprint density at radius 3 is 2.67 bits per heavy atom. The van der Waals surface area contributed by atoms with Gasteiger partial charge in [0.05, 0.1) is 4.47 Å². The fraction of sp³-hybridized carbons (Fsp3) is 0.333. The van der Waals surface area contributed by atoms with Gasteiger partial charge in [-0.05, 0) is 47.5 Å². The molecule has 0 amide bonds. The third kappa shape index (κ3) is 6.41. The van der Waals surface area contributed by atoms with Gasteiger partial charge in [-0.15, -0.1) is 6.42 Å². The monoisotopic (exact) mass is 356 g/mol. The first-order valence-electron chi connectivity index (χ1n) is 6.23. The number of esters is 2. The summed E-state index contributed by atoms with van der Waals surface area (Å²) in [5.74, 6) is 1.08. The lowest BCUT2D eigenvalue weighted by Gasteiger charge is -2.08. The van der Waals surface area contributed by atoms with Gasteiger partial charge < -0.3 is 9.47 Å². The fourth-order valence-corrected chi connectivity index (χ4v) is 1.83. The summed E-state index contributed by atoms with van der Waals surface area (Å²) in [5, 5.41) is 0. The van der Waals surface area contributed by atoms with Gasteiger partial charge in [-0.1, -0.05) is 5.92 Å². The molecule has 0 aliphatic rings. The molecule has 6 heteroatoms. The van der Waals surface area contributed by atoms with Crippen molar-refractivity contribution in [3.05, 3.63) is 28.5 Å². The van der Waals surface area contributed by atoms with Crippen LogP contribution in [0.4, 0.5) is 4.39 Å². The van der Waals surface area contributed by atoms with Gasteiger partial charge in [0.25, 0.3) is 0 Å². The minimum absolute atomic E-state index is 0.0450.